The van der Waals surface area contributed by atoms with Crippen LogP contribution in [0.1, 0.15) is 45.4 Å². The number of aromatic carboxylic acids is 1. The standard InChI is InChI=1S/C15H14N4O4/c1-7-11(15(21)22)12(23-19-7)8(2)16-14(20)13-17-9-5-3-4-6-10(9)18-13/h3-6,8H,1-2H3,(H,16,20)(H,17,18)(H,21,22)/t8-/m1/s1. The molecule has 2 heterocycles. The van der Waals surface area contributed by atoms with Crippen LogP contribution >= 0.6 is 0 Å². The maximum atomic E-state index is 12.3. The van der Waals surface area contributed by atoms with Crippen molar-refractivity contribution in [2.75, 3.05) is 0 Å². The minimum absolute atomic E-state index is 0.0394. The van der Waals surface area contributed by atoms with E-state index in [1.807, 2.05) is 18.2 Å². The predicted octanol–water partition coefficient (Wildman–Crippen LogP) is 2.05. The molecule has 3 N–H and O–H groups in total. The Labute approximate surface area is 130 Å². The number of amides is 1. The molecule has 2 aromatic heterocycles. The summed E-state index contributed by atoms with van der Waals surface area (Å²) in [6.45, 7) is 3.15. The zero-order valence-corrected chi connectivity index (χ0v) is 12.5. The molecule has 23 heavy (non-hydrogen) atoms. The highest BCUT2D eigenvalue weighted by Crippen LogP contribution is 2.21. The van der Waals surface area contributed by atoms with Crippen molar-refractivity contribution >= 4 is 22.9 Å². The van der Waals surface area contributed by atoms with Gasteiger partial charge in [0.2, 0.25) is 0 Å². The summed E-state index contributed by atoms with van der Waals surface area (Å²) in [7, 11) is 0. The van der Waals surface area contributed by atoms with Crippen LogP contribution in [0.2, 0.25) is 0 Å². The van der Waals surface area contributed by atoms with Crippen molar-refractivity contribution < 1.29 is 19.2 Å². The van der Waals surface area contributed by atoms with Crippen LogP contribution in [0.25, 0.3) is 11.0 Å². The minimum atomic E-state index is -1.15. The lowest BCUT2D eigenvalue weighted by Crippen LogP contribution is -2.28. The number of carboxylic acid groups (broad SMARTS) is 1. The van der Waals surface area contributed by atoms with Gasteiger partial charge >= 0.3 is 5.97 Å². The number of aryl methyl sites for hydroxylation is 1. The number of para-hydroxylation sites is 2. The van der Waals surface area contributed by atoms with E-state index >= 15 is 0 Å². The molecule has 3 aromatic rings. The number of hydrogen-bond acceptors (Lipinski definition) is 5. The van der Waals surface area contributed by atoms with Crippen molar-refractivity contribution in [3.05, 3.63) is 47.1 Å². The second-order valence-corrected chi connectivity index (χ2v) is 5.11. The first-order chi connectivity index (χ1) is 11.0. The van der Waals surface area contributed by atoms with Gasteiger partial charge in [0.1, 0.15) is 5.56 Å². The first-order valence-electron chi connectivity index (χ1n) is 6.92. The van der Waals surface area contributed by atoms with E-state index in [2.05, 4.69) is 20.4 Å². The fourth-order valence-corrected chi connectivity index (χ4v) is 2.33. The van der Waals surface area contributed by atoms with Crippen LogP contribution in [0.5, 0.6) is 0 Å². The van der Waals surface area contributed by atoms with Crippen molar-refractivity contribution in [2.24, 2.45) is 0 Å². The Morgan fingerprint density at radius 2 is 2.09 bits per heavy atom. The van der Waals surface area contributed by atoms with Gasteiger partial charge in [0.15, 0.2) is 11.6 Å². The number of carbonyl (C=O) groups excluding carboxylic acids is 1. The van der Waals surface area contributed by atoms with Crippen molar-refractivity contribution in [3.8, 4) is 0 Å². The molecule has 0 spiro atoms. The molecule has 1 amide bonds. The maximum Gasteiger partial charge on any atom is 0.341 e. The summed E-state index contributed by atoms with van der Waals surface area (Å²) < 4.78 is 5.04. The highest BCUT2D eigenvalue weighted by atomic mass is 16.5. The molecule has 1 atom stereocenters. The summed E-state index contributed by atoms with van der Waals surface area (Å²) in [5.74, 6) is -1.37. The van der Waals surface area contributed by atoms with E-state index in [0.717, 1.165) is 5.52 Å². The van der Waals surface area contributed by atoms with Gasteiger partial charge in [0.25, 0.3) is 5.91 Å². The van der Waals surface area contributed by atoms with Gasteiger partial charge in [-0.3, -0.25) is 4.79 Å². The lowest BCUT2D eigenvalue weighted by atomic mass is 10.1. The fourth-order valence-electron chi connectivity index (χ4n) is 2.33. The van der Waals surface area contributed by atoms with E-state index in [0.29, 0.717) is 5.52 Å². The van der Waals surface area contributed by atoms with Crippen LogP contribution in [0.4, 0.5) is 0 Å². The van der Waals surface area contributed by atoms with Crippen LogP contribution in [-0.2, 0) is 0 Å². The number of fused-ring (bicyclic) bond motifs is 1. The molecule has 0 radical (unpaired) electrons. The average molecular weight is 314 g/mol. The largest absolute Gasteiger partial charge is 0.477 e. The molecular weight excluding hydrogens is 300 g/mol. The molecule has 118 valence electrons. The Morgan fingerprint density at radius 3 is 2.78 bits per heavy atom. The van der Waals surface area contributed by atoms with Gasteiger partial charge in [0.05, 0.1) is 22.8 Å². The number of benzene rings is 1. The van der Waals surface area contributed by atoms with Crippen LogP contribution in [0.15, 0.2) is 28.8 Å². The minimum Gasteiger partial charge on any atom is -0.477 e. The van der Waals surface area contributed by atoms with Crippen LogP contribution in [0, 0.1) is 6.92 Å². The zero-order valence-electron chi connectivity index (χ0n) is 12.5. The highest BCUT2D eigenvalue weighted by molar-refractivity contribution is 5.95. The quantitative estimate of drug-likeness (QED) is 0.677. The SMILES string of the molecule is Cc1noc([C@@H](C)NC(=O)c2nc3ccccc3[nH]2)c1C(=O)O. The number of H-pyrrole nitrogens is 1. The number of nitrogens with one attached hydrogen (secondary N) is 2. The number of imidazole rings is 1. The van der Waals surface area contributed by atoms with E-state index in [-0.39, 0.29) is 22.8 Å². The Hall–Kier alpha value is -3.16. The molecule has 0 saturated carbocycles. The fraction of sp³-hybridized carbons (Fsp3) is 0.200. The molecule has 0 aliphatic heterocycles. The van der Waals surface area contributed by atoms with Crippen molar-refractivity contribution in [3.63, 3.8) is 0 Å². The third kappa shape index (κ3) is 2.66. The zero-order chi connectivity index (χ0) is 16.6. The molecule has 0 saturated heterocycles. The Bertz CT molecular complexity index is 863. The molecular formula is C15H14N4O4. The monoisotopic (exact) mass is 314 g/mol. The molecule has 8 nitrogen and oxygen atoms in total. The number of carboxylic acids is 1. The van der Waals surface area contributed by atoms with Gasteiger partial charge in [-0.2, -0.15) is 0 Å². The van der Waals surface area contributed by atoms with Gasteiger partial charge < -0.3 is 19.9 Å². The Balaban J connectivity index is 1.83. The summed E-state index contributed by atoms with van der Waals surface area (Å²) in [5.41, 5.74) is 1.64. The van der Waals surface area contributed by atoms with E-state index < -0.39 is 17.9 Å². The lowest BCUT2D eigenvalue weighted by Gasteiger charge is -2.10. The first-order valence-corrected chi connectivity index (χ1v) is 6.92. The summed E-state index contributed by atoms with van der Waals surface area (Å²) >= 11 is 0. The van der Waals surface area contributed by atoms with Gasteiger partial charge in [-0.1, -0.05) is 17.3 Å². The Morgan fingerprint density at radius 1 is 1.35 bits per heavy atom. The third-order valence-corrected chi connectivity index (χ3v) is 3.45. The van der Waals surface area contributed by atoms with Crippen molar-refractivity contribution in [1.82, 2.24) is 20.4 Å². The van der Waals surface area contributed by atoms with Crippen LogP contribution in [0.3, 0.4) is 0 Å². The van der Waals surface area contributed by atoms with E-state index in [1.54, 1.807) is 13.0 Å². The van der Waals surface area contributed by atoms with Gasteiger partial charge in [-0.25, -0.2) is 9.78 Å². The molecule has 8 heteroatoms. The number of carbonyl (C=O) groups is 2. The van der Waals surface area contributed by atoms with Crippen molar-refractivity contribution in [1.29, 1.82) is 0 Å². The summed E-state index contributed by atoms with van der Waals surface area (Å²) in [5, 5.41) is 15.5. The van der Waals surface area contributed by atoms with Gasteiger partial charge in [0, 0.05) is 0 Å². The number of nitrogens with zero attached hydrogens (tertiary/aromatic N) is 2. The first kappa shape index (κ1) is 14.8. The normalized spacial score (nSPS) is 12.3. The summed E-state index contributed by atoms with van der Waals surface area (Å²) in [6.07, 6.45) is 0. The molecule has 0 fully saturated rings. The molecule has 0 aliphatic carbocycles. The van der Waals surface area contributed by atoms with E-state index in [1.165, 1.54) is 6.92 Å². The van der Waals surface area contributed by atoms with E-state index in [9.17, 15) is 14.7 Å². The summed E-state index contributed by atoms with van der Waals surface area (Å²) in [6, 6.07) is 6.59. The predicted molar refractivity (Wildman–Crippen MR) is 80.2 cm³/mol. The number of rotatable bonds is 4. The highest BCUT2D eigenvalue weighted by Gasteiger charge is 2.26. The summed E-state index contributed by atoms with van der Waals surface area (Å²) in [4.78, 5) is 30.6. The second-order valence-electron chi connectivity index (χ2n) is 5.11. The third-order valence-electron chi connectivity index (χ3n) is 3.45. The number of aromatic nitrogens is 3. The smallest absolute Gasteiger partial charge is 0.341 e. The van der Waals surface area contributed by atoms with E-state index in [4.69, 9.17) is 4.52 Å². The lowest BCUT2D eigenvalue weighted by molar-refractivity contribution is 0.0690. The van der Waals surface area contributed by atoms with Crippen molar-refractivity contribution in [2.45, 2.75) is 19.9 Å². The molecule has 0 bridgehead atoms. The van der Waals surface area contributed by atoms with Crippen LogP contribution in [-0.4, -0.2) is 32.1 Å². The average Bonchev–Trinajstić information content (AvgIpc) is 3.10. The number of hydrogen-bond donors (Lipinski definition) is 3. The maximum absolute atomic E-state index is 12.3. The molecule has 1 aromatic carbocycles. The molecule has 3 rings (SSSR count). The van der Waals surface area contributed by atoms with Gasteiger partial charge in [-0.05, 0) is 26.0 Å². The van der Waals surface area contributed by atoms with Crippen LogP contribution < -0.4 is 5.32 Å². The van der Waals surface area contributed by atoms with Gasteiger partial charge in [-0.15, -0.1) is 0 Å². The topological polar surface area (TPSA) is 121 Å². The second kappa shape index (κ2) is 5.56. The number of aromatic amines is 1. The Kier molecular flexibility index (Phi) is 3.57. The molecule has 0 aliphatic rings. The molecule has 0 unspecified atom stereocenters.